The zero-order valence-electron chi connectivity index (χ0n) is 44.9. The van der Waals surface area contributed by atoms with Gasteiger partial charge < -0.3 is 14.7 Å². The van der Waals surface area contributed by atoms with Gasteiger partial charge in [-0.15, -0.1) is 22.7 Å². The van der Waals surface area contributed by atoms with Crippen molar-refractivity contribution in [2.24, 2.45) is 0 Å². The second-order valence-electron chi connectivity index (χ2n) is 24.8. The first-order valence-corrected chi connectivity index (χ1v) is 29.2. The average Bonchev–Trinajstić information content (AvgIpc) is 4.20. The van der Waals surface area contributed by atoms with Crippen molar-refractivity contribution < 1.29 is 0 Å². The van der Waals surface area contributed by atoms with Gasteiger partial charge in [-0.05, 0) is 135 Å². The van der Waals surface area contributed by atoms with E-state index in [-0.39, 0.29) is 28.5 Å². The van der Waals surface area contributed by atoms with Crippen LogP contribution in [0.2, 0.25) is 0 Å². The summed E-state index contributed by atoms with van der Waals surface area (Å²) in [7, 11) is 0. The molecule has 1 aliphatic carbocycles. The number of nitrogens with zero attached hydrogens (tertiary/aromatic N) is 3. The van der Waals surface area contributed by atoms with Crippen LogP contribution in [-0.2, 0) is 16.2 Å². The Morgan fingerprint density at radius 1 is 0.434 bits per heavy atom. The standard InChI is InChI=1S/C70H62BN3S2/c1-67(2,3)45-31-33-53-58(39-45)72(56-26-18-24-50-48-22-12-14-28-62(48)75-65(50)56)60-41-47(74-55-35-30-44(43-20-10-9-11-21-43)38-52(55)69(7)36-16-17-37-70(69,74)8)42-61-64(60)71(53)54-34-32-46(68(4,5)6)40-59(54)73(61)57-27-19-25-51-49-23-13-15-29-63(49)76-66(51)57/h9-15,18-35,38-42H,16-17,36-37H2,1-8H3. The largest absolute Gasteiger partial charge is 0.334 e. The minimum atomic E-state index is -0.187. The lowest BCUT2D eigenvalue weighted by Gasteiger charge is -2.51. The molecule has 15 rings (SSSR count). The third-order valence-electron chi connectivity index (χ3n) is 18.5. The maximum atomic E-state index is 2.83. The molecule has 0 spiro atoms. The van der Waals surface area contributed by atoms with Crippen LogP contribution in [0.15, 0.2) is 182 Å². The van der Waals surface area contributed by atoms with E-state index in [4.69, 9.17) is 0 Å². The molecule has 11 aromatic rings. The van der Waals surface area contributed by atoms with Crippen LogP contribution in [0.3, 0.4) is 0 Å². The summed E-state index contributed by atoms with van der Waals surface area (Å²) in [6.07, 6.45) is 4.69. The first-order valence-electron chi connectivity index (χ1n) is 27.6. The Kier molecular flexibility index (Phi) is 9.85. The lowest BCUT2D eigenvalue weighted by atomic mass is 9.33. The minimum absolute atomic E-state index is 0.0161. The van der Waals surface area contributed by atoms with Gasteiger partial charge in [-0.3, -0.25) is 0 Å². The molecule has 9 aromatic carbocycles. The fourth-order valence-electron chi connectivity index (χ4n) is 14.3. The predicted octanol–water partition coefficient (Wildman–Crippen LogP) is 18.5. The number of thiophene rings is 2. The van der Waals surface area contributed by atoms with Crippen molar-refractivity contribution >= 4 is 132 Å². The summed E-state index contributed by atoms with van der Waals surface area (Å²) in [5.74, 6) is 0. The third-order valence-corrected chi connectivity index (χ3v) is 20.9. The van der Waals surface area contributed by atoms with Crippen molar-refractivity contribution in [1.82, 2.24) is 0 Å². The lowest BCUT2D eigenvalue weighted by molar-refractivity contribution is 0.195. The number of anilines is 8. The van der Waals surface area contributed by atoms with Crippen LogP contribution in [-0.4, -0.2) is 12.3 Å². The molecule has 2 atom stereocenters. The Hall–Kier alpha value is -7.12. The van der Waals surface area contributed by atoms with Crippen LogP contribution in [0.5, 0.6) is 0 Å². The van der Waals surface area contributed by atoms with Crippen LogP contribution >= 0.6 is 22.7 Å². The zero-order valence-corrected chi connectivity index (χ0v) is 46.5. The second-order valence-corrected chi connectivity index (χ2v) is 26.9. The topological polar surface area (TPSA) is 9.72 Å². The van der Waals surface area contributed by atoms with Crippen molar-refractivity contribution in [2.45, 2.75) is 103 Å². The molecule has 372 valence electrons. The number of benzene rings is 9. The summed E-state index contributed by atoms with van der Waals surface area (Å²) < 4.78 is 5.27. The normalized spacial score (nSPS) is 18.8. The molecule has 5 heterocycles. The van der Waals surface area contributed by atoms with Crippen LogP contribution in [0.1, 0.15) is 97.8 Å². The van der Waals surface area contributed by atoms with Crippen LogP contribution < -0.4 is 31.1 Å². The van der Waals surface area contributed by atoms with Gasteiger partial charge in [0.05, 0.1) is 26.3 Å². The highest BCUT2D eigenvalue weighted by molar-refractivity contribution is 7.27. The summed E-state index contributed by atoms with van der Waals surface area (Å²) >= 11 is 3.86. The van der Waals surface area contributed by atoms with Gasteiger partial charge in [-0.1, -0.05) is 183 Å². The van der Waals surface area contributed by atoms with Gasteiger partial charge in [0.1, 0.15) is 0 Å². The van der Waals surface area contributed by atoms with Crippen LogP contribution in [0, 0.1) is 0 Å². The Labute approximate surface area is 456 Å². The van der Waals surface area contributed by atoms with Gasteiger partial charge in [-0.2, -0.15) is 0 Å². The molecule has 2 unspecified atom stereocenters. The minimum Gasteiger partial charge on any atom is -0.334 e. The first-order chi connectivity index (χ1) is 36.7. The summed E-state index contributed by atoms with van der Waals surface area (Å²) in [6.45, 7) is 19.4. The van der Waals surface area contributed by atoms with E-state index in [9.17, 15) is 0 Å². The first kappa shape index (κ1) is 46.2. The quantitative estimate of drug-likeness (QED) is 0.163. The molecule has 2 aromatic heterocycles. The highest BCUT2D eigenvalue weighted by Crippen LogP contribution is 2.63. The fraction of sp³-hybridized carbons (Fsp3) is 0.229. The Morgan fingerprint density at radius 2 is 0.947 bits per heavy atom. The van der Waals surface area contributed by atoms with Gasteiger partial charge in [0.25, 0.3) is 6.71 Å². The second kappa shape index (κ2) is 16.2. The molecule has 6 heteroatoms. The smallest absolute Gasteiger partial charge is 0.252 e. The number of hydrogen-bond acceptors (Lipinski definition) is 5. The van der Waals surface area contributed by atoms with E-state index in [1.165, 1.54) is 143 Å². The van der Waals surface area contributed by atoms with Crippen molar-refractivity contribution in [2.75, 3.05) is 14.7 Å². The maximum Gasteiger partial charge on any atom is 0.252 e. The van der Waals surface area contributed by atoms with E-state index in [1.807, 2.05) is 22.7 Å². The van der Waals surface area contributed by atoms with Crippen molar-refractivity contribution in [3.8, 4) is 11.1 Å². The molecular weight excluding hydrogens is 958 g/mol. The van der Waals surface area contributed by atoms with E-state index >= 15 is 0 Å². The highest BCUT2D eigenvalue weighted by Gasteiger charge is 2.58. The van der Waals surface area contributed by atoms with Gasteiger partial charge in [0.2, 0.25) is 0 Å². The molecule has 1 saturated carbocycles. The van der Waals surface area contributed by atoms with Crippen molar-refractivity contribution in [3.05, 3.63) is 199 Å². The van der Waals surface area contributed by atoms with Gasteiger partial charge in [0.15, 0.2) is 0 Å². The zero-order chi connectivity index (χ0) is 51.6. The molecule has 0 saturated heterocycles. The number of rotatable bonds is 4. The summed E-state index contributed by atoms with van der Waals surface area (Å²) in [4.78, 5) is 8.26. The lowest BCUT2D eigenvalue weighted by Crippen LogP contribution is -2.61. The molecule has 4 aliphatic rings. The Bertz CT molecular complexity index is 4020. The molecule has 3 nitrogen and oxygen atoms in total. The van der Waals surface area contributed by atoms with E-state index < -0.39 is 0 Å². The molecule has 0 N–H and O–H groups in total. The SMILES string of the molecule is CC(C)(C)c1ccc2c(c1)N(c1cccc3c1sc1ccccc13)c1cc(N3c4ccc(-c5ccccc5)cc4C4(C)CCCCC34C)cc3c1B2c1ccc(C(C)(C)C)cc1N3c1cccc2c1sc1ccccc12. The predicted molar refractivity (Wildman–Crippen MR) is 332 cm³/mol. The molecule has 0 bridgehead atoms. The maximum absolute atomic E-state index is 2.83. The van der Waals surface area contributed by atoms with Crippen LogP contribution in [0.4, 0.5) is 45.5 Å². The summed E-state index contributed by atoms with van der Waals surface area (Å²) in [5.41, 5.74) is 20.5. The molecule has 76 heavy (non-hydrogen) atoms. The Morgan fingerprint density at radius 3 is 1.50 bits per heavy atom. The van der Waals surface area contributed by atoms with Gasteiger partial charge >= 0.3 is 0 Å². The van der Waals surface area contributed by atoms with Crippen molar-refractivity contribution in [3.63, 3.8) is 0 Å². The fourth-order valence-corrected chi connectivity index (χ4v) is 16.7. The van der Waals surface area contributed by atoms with E-state index in [0.717, 1.165) is 12.8 Å². The summed E-state index contributed by atoms with van der Waals surface area (Å²) in [5, 5.41) is 5.26. The van der Waals surface area contributed by atoms with E-state index in [0.29, 0.717) is 0 Å². The molecule has 0 radical (unpaired) electrons. The van der Waals surface area contributed by atoms with Gasteiger partial charge in [-0.25, -0.2) is 0 Å². The average molecular weight is 1020 g/mol. The Balaban J connectivity index is 1.10. The summed E-state index contributed by atoms with van der Waals surface area (Å²) in [6, 6.07) is 70.8. The highest BCUT2D eigenvalue weighted by atomic mass is 32.1. The molecule has 3 aliphatic heterocycles. The molecular formula is C70H62BN3S2. The van der Waals surface area contributed by atoms with Crippen molar-refractivity contribution in [1.29, 1.82) is 0 Å². The monoisotopic (exact) mass is 1020 g/mol. The van der Waals surface area contributed by atoms with E-state index in [1.54, 1.807) is 0 Å². The third kappa shape index (κ3) is 6.47. The number of hydrogen-bond donors (Lipinski definition) is 0. The molecule has 0 amide bonds. The molecule has 1 fully saturated rings. The van der Waals surface area contributed by atoms with Gasteiger partial charge in [0, 0.05) is 70.5 Å². The van der Waals surface area contributed by atoms with Crippen LogP contribution in [0.25, 0.3) is 51.5 Å². The van der Waals surface area contributed by atoms with E-state index in [2.05, 4.69) is 252 Å². The number of fused-ring (bicyclic) bond motifs is 13.